The van der Waals surface area contributed by atoms with Crippen LogP contribution in [0.4, 0.5) is 13.2 Å². The minimum Gasteiger partial charge on any atom is -0.478 e. The Morgan fingerprint density at radius 2 is 1.79 bits per heavy atom. The molecule has 1 aliphatic carbocycles. The first-order valence-electron chi connectivity index (χ1n) is 12.6. The van der Waals surface area contributed by atoms with E-state index in [1.165, 1.54) is 23.1 Å². The quantitative estimate of drug-likeness (QED) is 0.486. The lowest BCUT2D eigenvalue weighted by atomic mass is 9.87. The van der Waals surface area contributed by atoms with Gasteiger partial charge in [0.05, 0.1) is 12.2 Å². The van der Waals surface area contributed by atoms with Crippen LogP contribution in [0.5, 0.6) is 5.88 Å². The van der Waals surface area contributed by atoms with Crippen molar-refractivity contribution in [3.8, 4) is 5.88 Å². The lowest BCUT2D eigenvalue weighted by Gasteiger charge is -2.38. The van der Waals surface area contributed by atoms with Crippen LogP contribution in [0.25, 0.3) is 0 Å². The van der Waals surface area contributed by atoms with Gasteiger partial charge in [0.2, 0.25) is 5.88 Å². The van der Waals surface area contributed by atoms with Crippen molar-refractivity contribution in [3.05, 3.63) is 58.7 Å². The van der Waals surface area contributed by atoms with Gasteiger partial charge >= 0.3 is 6.18 Å². The van der Waals surface area contributed by atoms with Crippen molar-refractivity contribution >= 4 is 23.4 Å². The number of aliphatic hydroxyl groups is 1. The normalized spacial score (nSPS) is 21.5. The first-order chi connectivity index (χ1) is 17.9. The third kappa shape index (κ3) is 5.76. The summed E-state index contributed by atoms with van der Waals surface area (Å²) < 4.78 is 47.3. The van der Waals surface area contributed by atoms with Gasteiger partial charge in [0.25, 0.3) is 17.4 Å². The molecule has 1 saturated heterocycles. The maximum atomic E-state index is 13.9. The van der Waals surface area contributed by atoms with Gasteiger partial charge in [-0.2, -0.15) is 13.2 Å². The number of amides is 2. The lowest BCUT2D eigenvalue weighted by Crippen LogP contribution is -2.57. The molecule has 2 amide bonds. The topological polar surface area (TPSA) is 83.0 Å². The van der Waals surface area contributed by atoms with Crippen LogP contribution in [0.15, 0.2) is 42.5 Å². The summed E-state index contributed by atoms with van der Waals surface area (Å²) in [6.07, 6.45) is -2.15. The molecule has 2 aliphatic rings. The molecule has 1 N–H and O–H groups in total. The summed E-state index contributed by atoms with van der Waals surface area (Å²) in [5.74, 6) is -0.0500. The summed E-state index contributed by atoms with van der Waals surface area (Å²) in [4.78, 5) is 31.7. The molecule has 2 aromatic rings. The molecule has 1 aromatic carbocycles. The fraction of sp³-hybridized carbons (Fsp3) is 0.519. The summed E-state index contributed by atoms with van der Waals surface area (Å²) in [5.41, 5.74) is -3.74. The highest BCUT2D eigenvalue weighted by atomic mass is 35.5. The van der Waals surface area contributed by atoms with Gasteiger partial charge in [-0.1, -0.05) is 41.9 Å². The fourth-order valence-corrected chi connectivity index (χ4v) is 5.47. The molecule has 7 nitrogen and oxygen atoms in total. The Hall–Kier alpha value is -2.85. The van der Waals surface area contributed by atoms with Crippen molar-refractivity contribution in [1.29, 1.82) is 0 Å². The van der Waals surface area contributed by atoms with Crippen LogP contribution in [0.2, 0.25) is 5.15 Å². The van der Waals surface area contributed by atoms with Crippen molar-refractivity contribution in [1.82, 2.24) is 14.8 Å². The van der Waals surface area contributed by atoms with Gasteiger partial charge in [0, 0.05) is 38.8 Å². The first-order valence-corrected chi connectivity index (χ1v) is 13.0. The molecule has 38 heavy (non-hydrogen) atoms. The van der Waals surface area contributed by atoms with Gasteiger partial charge in [0.1, 0.15) is 5.15 Å². The Bertz CT molecular complexity index is 1160. The molecule has 206 valence electrons. The van der Waals surface area contributed by atoms with Crippen LogP contribution < -0.4 is 4.74 Å². The second kappa shape index (κ2) is 11.1. The number of alkyl halides is 3. The van der Waals surface area contributed by atoms with Crippen LogP contribution >= 0.6 is 11.6 Å². The van der Waals surface area contributed by atoms with E-state index in [1.807, 2.05) is 0 Å². The van der Waals surface area contributed by atoms with Crippen molar-refractivity contribution in [2.45, 2.75) is 37.5 Å². The van der Waals surface area contributed by atoms with E-state index in [9.17, 15) is 27.9 Å². The number of aromatic nitrogens is 1. The zero-order valence-electron chi connectivity index (χ0n) is 21.2. The first kappa shape index (κ1) is 28.2. The zero-order valence-corrected chi connectivity index (χ0v) is 22.0. The van der Waals surface area contributed by atoms with Gasteiger partial charge in [-0.3, -0.25) is 9.59 Å². The van der Waals surface area contributed by atoms with Gasteiger partial charge in [-0.15, -0.1) is 0 Å². The molecular weight excluding hydrogens is 523 g/mol. The van der Waals surface area contributed by atoms with E-state index in [-0.39, 0.29) is 24.1 Å². The van der Waals surface area contributed by atoms with Crippen molar-refractivity contribution < 1.29 is 32.6 Å². The molecule has 1 saturated carbocycles. The number of rotatable bonds is 8. The Balaban J connectivity index is 1.26. The maximum Gasteiger partial charge on any atom is 0.430 e. The van der Waals surface area contributed by atoms with Gasteiger partial charge < -0.3 is 19.6 Å². The predicted octanol–water partition coefficient (Wildman–Crippen LogP) is 4.53. The van der Waals surface area contributed by atoms with E-state index in [1.54, 1.807) is 26.2 Å². The minimum atomic E-state index is -5.13. The largest absolute Gasteiger partial charge is 0.478 e. The highest BCUT2D eigenvalue weighted by Crippen LogP contribution is 2.50. The molecule has 1 aliphatic heterocycles. The SMILES string of the molecule is CN(C)C(=O)c1ccc(OCC[C@@H]2C[C@@H]2C2CCN(C(=O)[C@@](O)(c3ccccc3)C(F)(F)F)CC2)nc1Cl. The van der Waals surface area contributed by atoms with Crippen molar-refractivity contribution in [2.24, 2.45) is 17.8 Å². The standard InChI is InChI=1S/C27H31ClF3N3O4/c1-33(2)24(35)20-8-9-22(32-23(20)28)38-15-12-18-16-21(18)17-10-13-34(14-11-17)25(36)26(37,27(29,30)31)19-6-4-3-5-7-19/h3-9,17-18,21,37H,10-16H2,1-2H3/t18-,21-,26+/m1/s1. The molecule has 3 atom stereocenters. The number of pyridine rings is 1. The molecule has 2 fully saturated rings. The average Bonchev–Trinajstić information content (AvgIpc) is 3.67. The molecule has 1 aromatic heterocycles. The Morgan fingerprint density at radius 1 is 1.13 bits per heavy atom. The fourth-order valence-electron chi connectivity index (χ4n) is 5.24. The van der Waals surface area contributed by atoms with E-state index >= 15 is 0 Å². The van der Waals surface area contributed by atoms with Gasteiger partial charge in [0.15, 0.2) is 0 Å². The zero-order chi connectivity index (χ0) is 27.7. The summed E-state index contributed by atoms with van der Waals surface area (Å²) >= 11 is 6.12. The number of likely N-dealkylation sites (tertiary alicyclic amines) is 1. The van der Waals surface area contributed by atoms with Crippen LogP contribution in [0.3, 0.4) is 0 Å². The van der Waals surface area contributed by atoms with Crippen LogP contribution in [-0.2, 0) is 10.4 Å². The van der Waals surface area contributed by atoms with E-state index in [4.69, 9.17) is 16.3 Å². The molecule has 11 heteroatoms. The van der Waals surface area contributed by atoms with E-state index in [0.29, 0.717) is 48.6 Å². The third-order valence-electron chi connectivity index (χ3n) is 7.52. The third-order valence-corrected chi connectivity index (χ3v) is 7.81. The van der Waals surface area contributed by atoms with Gasteiger partial charge in [-0.25, -0.2) is 4.98 Å². The number of hydrogen-bond donors (Lipinski definition) is 1. The molecule has 0 unspecified atom stereocenters. The average molecular weight is 554 g/mol. The van der Waals surface area contributed by atoms with Crippen molar-refractivity contribution in [3.63, 3.8) is 0 Å². The van der Waals surface area contributed by atoms with Gasteiger partial charge in [-0.05, 0) is 49.5 Å². The number of benzene rings is 1. The summed E-state index contributed by atoms with van der Waals surface area (Å²) in [7, 11) is 3.26. The highest BCUT2D eigenvalue weighted by molar-refractivity contribution is 6.32. The second-order valence-corrected chi connectivity index (χ2v) is 10.5. The number of ether oxygens (including phenoxy) is 1. The summed E-state index contributed by atoms with van der Waals surface area (Å²) in [5, 5.41) is 10.7. The van der Waals surface area contributed by atoms with Crippen LogP contribution in [-0.4, -0.2) is 71.7 Å². The molecular formula is C27H31ClF3N3O4. The number of carbonyl (C=O) groups excluding carboxylic acids is 2. The van der Waals surface area contributed by atoms with E-state index < -0.39 is 23.2 Å². The number of halogens is 4. The predicted molar refractivity (Wildman–Crippen MR) is 135 cm³/mol. The molecule has 4 rings (SSSR count). The summed E-state index contributed by atoms with van der Waals surface area (Å²) in [6.45, 7) is 0.780. The lowest BCUT2D eigenvalue weighted by molar-refractivity contribution is -0.262. The Kier molecular flexibility index (Phi) is 8.23. The summed E-state index contributed by atoms with van der Waals surface area (Å²) in [6, 6.07) is 9.70. The monoisotopic (exact) mass is 553 g/mol. The smallest absolute Gasteiger partial charge is 0.430 e. The number of nitrogens with zero attached hydrogens (tertiary/aromatic N) is 3. The molecule has 0 spiro atoms. The van der Waals surface area contributed by atoms with Crippen LogP contribution in [0, 0.1) is 17.8 Å². The van der Waals surface area contributed by atoms with E-state index in [0.717, 1.165) is 29.9 Å². The molecule has 2 heterocycles. The second-order valence-electron chi connectivity index (χ2n) is 10.2. The number of piperidine rings is 1. The maximum absolute atomic E-state index is 13.9. The number of carbonyl (C=O) groups is 2. The minimum absolute atomic E-state index is 0.0801. The molecule has 0 radical (unpaired) electrons. The van der Waals surface area contributed by atoms with Crippen molar-refractivity contribution in [2.75, 3.05) is 33.8 Å². The molecule has 0 bridgehead atoms. The number of hydrogen-bond acceptors (Lipinski definition) is 5. The Morgan fingerprint density at radius 3 is 2.37 bits per heavy atom. The Labute approximate surface area is 224 Å². The van der Waals surface area contributed by atoms with Crippen LogP contribution in [0.1, 0.15) is 41.6 Å². The highest BCUT2D eigenvalue weighted by Gasteiger charge is 2.62. The van der Waals surface area contributed by atoms with E-state index in [2.05, 4.69) is 4.98 Å².